The Morgan fingerprint density at radius 2 is 1.50 bits per heavy atom. The summed E-state index contributed by atoms with van der Waals surface area (Å²) in [5.74, 6) is 0.483. The van der Waals surface area contributed by atoms with E-state index in [1.807, 2.05) is 14.7 Å². The van der Waals surface area contributed by atoms with Gasteiger partial charge in [0, 0.05) is 39.3 Å². The summed E-state index contributed by atoms with van der Waals surface area (Å²) < 4.78 is 14.0. The molecule has 0 N–H and O–H groups in total. The van der Waals surface area contributed by atoms with E-state index in [0.717, 1.165) is 19.5 Å². The molecular formula is C17H19FN6O2. The Labute approximate surface area is 150 Å². The second-order valence-electron chi connectivity index (χ2n) is 6.39. The minimum Gasteiger partial charge on any atom is -0.366 e. The molecule has 9 heteroatoms. The van der Waals surface area contributed by atoms with Crippen LogP contribution in [0.3, 0.4) is 0 Å². The van der Waals surface area contributed by atoms with Gasteiger partial charge in [-0.15, -0.1) is 0 Å². The molecule has 0 unspecified atom stereocenters. The first kappa shape index (κ1) is 16.5. The number of piperazine rings is 1. The molecule has 2 fully saturated rings. The van der Waals surface area contributed by atoms with Gasteiger partial charge >= 0.3 is 5.69 Å². The second-order valence-corrected chi connectivity index (χ2v) is 6.39. The van der Waals surface area contributed by atoms with Crippen LogP contribution < -0.4 is 14.7 Å². The third-order valence-corrected chi connectivity index (χ3v) is 4.89. The summed E-state index contributed by atoms with van der Waals surface area (Å²) in [6, 6.07) is 6.66. The summed E-state index contributed by atoms with van der Waals surface area (Å²) in [5, 5.41) is 11.7. The molecule has 2 saturated heterocycles. The number of halogens is 1. The van der Waals surface area contributed by atoms with Crippen LogP contribution in [0.5, 0.6) is 0 Å². The van der Waals surface area contributed by atoms with Crippen molar-refractivity contribution in [3.05, 3.63) is 46.5 Å². The van der Waals surface area contributed by atoms with Gasteiger partial charge < -0.3 is 14.7 Å². The average molecular weight is 358 g/mol. The van der Waals surface area contributed by atoms with Crippen molar-refractivity contribution in [2.45, 2.75) is 6.42 Å². The van der Waals surface area contributed by atoms with Crippen molar-refractivity contribution in [2.75, 3.05) is 54.0 Å². The number of nitro groups is 1. The monoisotopic (exact) mass is 358 g/mol. The zero-order chi connectivity index (χ0) is 18.1. The molecule has 4 rings (SSSR count). The minimum absolute atomic E-state index is 0.0356. The molecule has 0 radical (unpaired) electrons. The van der Waals surface area contributed by atoms with Crippen molar-refractivity contribution >= 4 is 23.0 Å². The average Bonchev–Trinajstić information content (AvgIpc) is 2.60. The predicted octanol–water partition coefficient (Wildman–Crippen LogP) is 2.06. The van der Waals surface area contributed by atoms with Crippen molar-refractivity contribution in [3.63, 3.8) is 0 Å². The standard InChI is InChI=1S/C17H19FN6O2/c18-13-4-1-2-5-14(13)21-8-10-23(11-9-21)17-15(24(25)26)16(19-12-20-17)22-6-3-7-22/h1-2,4-5,12H,3,6-11H2. The normalized spacial score (nSPS) is 17.2. The Bertz CT molecular complexity index is 821. The van der Waals surface area contributed by atoms with E-state index in [2.05, 4.69) is 9.97 Å². The van der Waals surface area contributed by atoms with Gasteiger partial charge in [-0.1, -0.05) is 12.1 Å². The molecule has 8 nitrogen and oxygen atoms in total. The Hall–Kier alpha value is -2.97. The minimum atomic E-state index is -0.397. The van der Waals surface area contributed by atoms with Gasteiger partial charge in [0.05, 0.1) is 10.6 Å². The van der Waals surface area contributed by atoms with Gasteiger partial charge in [-0.05, 0) is 18.6 Å². The number of aromatic nitrogens is 2. The molecule has 2 aliphatic heterocycles. The van der Waals surface area contributed by atoms with Gasteiger partial charge in [-0.3, -0.25) is 10.1 Å². The van der Waals surface area contributed by atoms with Crippen LogP contribution in [0.1, 0.15) is 6.42 Å². The lowest BCUT2D eigenvalue weighted by atomic mass is 10.2. The molecule has 2 aromatic rings. The summed E-state index contributed by atoms with van der Waals surface area (Å²) in [5.41, 5.74) is 0.525. The maximum atomic E-state index is 14.0. The quantitative estimate of drug-likeness (QED) is 0.611. The van der Waals surface area contributed by atoms with E-state index in [4.69, 9.17) is 0 Å². The molecule has 0 bridgehead atoms. The Kier molecular flexibility index (Phi) is 4.27. The lowest BCUT2D eigenvalue weighted by Gasteiger charge is -2.37. The van der Waals surface area contributed by atoms with Crippen molar-refractivity contribution in [2.24, 2.45) is 0 Å². The highest BCUT2D eigenvalue weighted by molar-refractivity contribution is 5.72. The molecule has 0 atom stereocenters. The fourth-order valence-electron chi connectivity index (χ4n) is 3.38. The maximum absolute atomic E-state index is 14.0. The van der Waals surface area contributed by atoms with Crippen LogP contribution in [-0.2, 0) is 0 Å². The number of benzene rings is 1. The Morgan fingerprint density at radius 1 is 0.923 bits per heavy atom. The fraction of sp³-hybridized carbons (Fsp3) is 0.412. The van der Waals surface area contributed by atoms with Crippen LogP contribution >= 0.6 is 0 Å². The summed E-state index contributed by atoms with van der Waals surface area (Å²) in [6.07, 6.45) is 2.40. The van der Waals surface area contributed by atoms with E-state index >= 15 is 0 Å². The molecule has 1 aromatic heterocycles. The van der Waals surface area contributed by atoms with E-state index in [9.17, 15) is 14.5 Å². The highest BCUT2D eigenvalue weighted by atomic mass is 19.1. The van der Waals surface area contributed by atoms with E-state index in [-0.39, 0.29) is 11.5 Å². The van der Waals surface area contributed by atoms with Crippen LogP contribution in [0.4, 0.5) is 27.4 Å². The SMILES string of the molecule is O=[N+]([O-])c1c(N2CCC2)ncnc1N1CCN(c2ccccc2F)CC1. The van der Waals surface area contributed by atoms with E-state index in [1.165, 1.54) is 12.4 Å². The number of nitrogens with zero attached hydrogens (tertiary/aromatic N) is 6. The second kappa shape index (κ2) is 6.74. The van der Waals surface area contributed by atoms with Crippen LogP contribution in [0, 0.1) is 15.9 Å². The predicted molar refractivity (Wildman–Crippen MR) is 96.3 cm³/mol. The molecule has 3 heterocycles. The van der Waals surface area contributed by atoms with Gasteiger partial charge in [-0.25, -0.2) is 14.4 Å². The lowest BCUT2D eigenvalue weighted by molar-refractivity contribution is -0.383. The van der Waals surface area contributed by atoms with Gasteiger partial charge in [0.25, 0.3) is 0 Å². The van der Waals surface area contributed by atoms with Crippen molar-refractivity contribution in [3.8, 4) is 0 Å². The number of rotatable bonds is 4. The lowest BCUT2D eigenvalue weighted by Crippen LogP contribution is -2.47. The van der Waals surface area contributed by atoms with E-state index in [0.29, 0.717) is 43.5 Å². The molecule has 136 valence electrons. The van der Waals surface area contributed by atoms with E-state index < -0.39 is 4.92 Å². The molecule has 0 saturated carbocycles. The first-order chi connectivity index (χ1) is 12.6. The third-order valence-electron chi connectivity index (χ3n) is 4.89. The summed E-state index contributed by atoms with van der Waals surface area (Å²) in [6.45, 7) is 3.76. The van der Waals surface area contributed by atoms with E-state index in [1.54, 1.807) is 18.2 Å². The maximum Gasteiger partial charge on any atom is 0.353 e. The zero-order valence-electron chi connectivity index (χ0n) is 14.2. The molecule has 0 amide bonds. The van der Waals surface area contributed by atoms with Gasteiger partial charge in [0.15, 0.2) is 0 Å². The highest BCUT2D eigenvalue weighted by Crippen LogP contribution is 2.36. The molecule has 0 spiro atoms. The number of para-hydroxylation sites is 1. The molecule has 2 aliphatic rings. The molecule has 26 heavy (non-hydrogen) atoms. The molecule has 1 aromatic carbocycles. The van der Waals surface area contributed by atoms with Gasteiger partial charge in [0.2, 0.25) is 11.6 Å². The first-order valence-electron chi connectivity index (χ1n) is 8.64. The van der Waals surface area contributed by atoms with Gasteiger partial charge in [0.1, 0.15) is 12.1 Å². The molecular weight excluding hydrogens is 339 g/mol. The fourth-order valence-corrected chi connectivity index (χ4v) is 3.38. The van der Waals surface area contributed by atoms with Crippen molar-refractivity contribution < 1.29 is 9.31 Å². The highest BCUT2D eigenvalue weighted by Gasteiger charge is 2.33. The Balaban J connectivity index is 1.56. The number of anilines is 3. The smallest absolute Gasteiger partial charge is 0.353 e. The summed E-state index contributed by atoms with van der Waals surface area (Å²) in [7, 11) is 0. The third kappa shape index (κ3) is 2.89. The van der Waals surface area contributed by atoms with Crippen LogP contribution in [0.2, 0.25) is 0 Å². The number of hydrogen-bond donors (Lipinski definition) is 0. The van der Waals surface area contributed by atoms with Crippen molar-refractivity contribution in [1.82, 2.24) is 9.97 Å². The van der Waals surface area contributed by atoms with Gasteiger partial charge in [-0.2, -0.15) is 0 Å². The van der Waals surface area contributed by atoms with Crippen LogP contribution in [0.25, 0.3) is 0 Å². The number of hydrogen-bond acceptors (Lipinski definition) is 7. The van der Waals surface area contributed by atoms with Crippen LogP contribution in [-0.4, -0.2) is 54.2 Å². The first-order valence-corrected chi connectivity index (χ1v) is 8.64. The van der Waals surface area contributed by atoms with Crippen LogP contribution in [0.15, 0.2) is 30.6 Å². The van der Waals surface area contributed by atoms with Crippen molar-refractivity contribution in [1.29, 1.82) is 0 Å². The summed E-state index contributed by atoms with van der Waals surface area (Å²) in [4.78, 5) is 25.4. The molecule has 0 aliphatic carbocycles. The summed E-state index contributed by atoms with van der Waals surface area (Å²) >= 11 is 0. The topological polar surface area (TPSA) is 78.6 Å². The largest absolute Gasteiger partial charge is 0.366 e. The Morgan fingerprint density at radius 3 is 2.04 bits per heavy atom. The zero-order valence-corrected chi connectivity index (χ0v) is 14.2.